The van der Waals surface area contributed by atoms with E-state index in [1.165, 1.54) is 5.56 Å². The van der Waals surface area contributed by atoms with E-state index in [2.05, 4.69) is 32.4 Å². The van der Waals surface area contributed by atoms with Crippen LogP contribution in [-0.4, -0.2) is 60.5 Å². The SMILES string of the molecule is CCOc1cccc(CCNC(=NC)N2CCOC(c3cnn(C)c3)C2)c1.I. The Morgan fingerprint density at radius 1 is 1.43 bits per heavy atom. The van der Waals surface area contributed by atoms with Crippen LogP contribution in [0.25, 0.3) is 0 Å². The van der Waals surface area contributed by atoms with E-state index in [1.54, 1.807) is 4.68 Å². The second kappa shape index (κ2) is 11.3. The molecule has 1 aliphatic rings. The molecule has 0 amide bonds. The highest BCUT2D eigenvalue weighted by atomic mass is 127. The molecule has 2 heterocycles. The molecule has 7 nitrogen and oxygen atoms in total. The van der Waals surface area contributed by atoms with Gasteiger partial charge in [0.2, 0.25) is 0 Å². The number of benzene rings is 1. The number of ether oxygens (including phenoxy) is 2. The normalized spacial score (nSPS) is 17.2. The molecule has 2 aromatic rings. The summed E-state index contributed by atoms with van der Waals surface area (Å²) in [5.41, 5.74) is 2.35. The van der Waals surface area contributed by atoms with Crippen LogP contribution in [0.4, 0.5) is 0 Å². The van der Waals surface area contributed by atoms with Crippen LogP contribution in [0.3, 0.4) is 0 Å². The maximum absolute atomic E-state index is 5.92. The van der Waals surface area contributed by atoms with Crippen molar-refractivity contribution in [2.24, 2.45) is 12.0 Å². The smallest absolute Gasteiger partial charge is 0.193 e. The van der Waals surface area contributed by atoms with Gasteiger partial charge in [0.05, 0.1) is 26.0 Å². The van der Waals surface area contributed by atoms with Gasteiger partial charge in [0, 0.05) is 38.9 Å². The highest BCUT2D eigenvalue weighted by Gasteiger charge is 2.25. The molecule has 8 heteroatoms. The lowest BCUT2D eigenvalue weighted by atomic mass is 10.1. The van der Waals surface area contributed by atoms with Gasteiger partial charge in [-0.2, -0.15) is 5.10 Å². The van der Waals surface area contributed by atoms with E-state index in [0.29, 0.717) is 13.2 Å². The molecule has 28 heavy (non-hydrogen) atoms. The van der Waals surface area contributed by atoms with Crippen molar-refractivity contribution < 1.29 is 9.47 Å². The van der Waals surface area contributed by atoms with Crippen molar-refractivity contribution in [3.63, 3.8) is 0 Å². The molecule has 1 aromatic heterocycles. The predicted octanol–water partition coefficient (Wildman–Crippen LogP) is 2.63. The zero-order valence-electron chi connectivity index (χ0n) is 16.8. The number of aromatic nitrogens is 2. The van der Waals surface area contributed by atoms with Crippen molar-refractivity contribution in [1.82, 2.24) is 20.0 Å². The second-order valence-corrected chi connectivity index (χ2v) is 6.56. The maximum Gasteiger partial charge on any atom is 0.193 e. The van der Waals surface area contributed by atoms with Crippen molar-refractivity contribution in [2.75, 3.05) is 39.9 Å². The Kier molecular flexibility index (Phi) is 9.04. The van der Waals surface area contributed by atoms with Gasteiger partial charge in [-0.15, -0.1) is 24.0 Å². The molecule has 3 rings (SSSR count). The molecule has 1 unspecified atom stereocenters. The van der Waals surface area contributed by atoms with Crippen molar-refractivity contribution in [2.45, 2.75) is 19.4 Å². The molecule has 1 aliphatic heterocycles. The maximum atomic E-state index is 5.92. The summed E-state index contributed by atoms with van der Waals surface area (Å²) < 4.78 is 13.3. The Morgan fingerprint density at radius 2 is 2.29 bits per heavy atom. The Bertz CT molecular complexity index is 765. The summed E-state index contributed by atoms with van der Waals surface area (Å²) >= 11 is 0. The van der Waals surface area contributed by atoms with Gasteiger partial charge in [0.15, 0.2) is 5.96 Å². The number of aryl methyl sites for hydroxylation is 1. The van der Waals surface area contributed by atoms with Gasteiger partial charge in [-0.05, 0) is 31.0 Å². The van der Waals surface area contributed by atoms with E-state index in [4.69, 9.17) is 9.47 Å². The number of morpholine rings is 1. The number of nitrogens with one attached hydrogen (secondary N) is 1. The third kappa shape index (κ3) is 6.10. The predicted molar refractivity (Wildman–Crippen MR) is 122 cm³/mol. The standard InChI is InChI=1S/C20H29N5O2.HI/c1-4-26-18-7-5-6-16(12-18)8-9-22-20(21-2)25-10-11-27-19(15-25)17-13-23-24(3)14-17;/h5-7,12-14,19H,4,8-11,15H2,1-3H3,(H,21,22);1H. The van der Waals surface area contributed by atoms with Crippen molar-refractivity contribution >= 4 is 29.9 Å². The molecule has 154 valence electrons. The molecule has 0 spiro atoms. The van der Waals surface area contributed by atoms with Gasteiger partial charge < -0.3 is 19.7 Å². The quantitative estimate of drug-likeness (QED) is 0.376. The summed E-state index contributed by atoms with van der Waals surface area (Å²) in [5.74, 6) is 1.83. The third-order valence-electron chi connectivity index (χ3n) is 4.58. The zero-order valence-corrected chi connectivity index (χ0v) is 19.1. The lowest BCUT2D eigenvalue weighted by Gasteiger charge is -2.34. The van der Waals surface area contributed by atoms with E-state index in [9.17, 15) is 0 Å². The third-order valence-corrected chi connectivity index (χ3v) is 4.58. The minimum Gasteiger partial charge on any atom is -0.494 e. The van der Waals surface area contributed by atoms with Gasteiger partial charge in [-0.25, -0.2) is 0 Å². The molecule has 0 saturated carbocycles. The minimum atomic E-state index is 0. The van der Waals surface area contributed by atoms with Gasteiger partial charge in [-0.1, -0.05) is 12.1 Å². The van der Waals surface area contributed by atoms with Gasteiger partial charge in [0.25, 0.3) is 0 Å². The van der Waals surface area contributed by atoms with E-state index in [-0.39, 0.29) is 30.1 Å². The first-order chi connectivity index (χ1) is 13.2. The highest BCUT2D eigenvalue weighted by Crippen LogP contribution is 2.21. The summed E-state index contributed by atoms with van der Waals surface area (Å²) in [7, 11) is 3.75. The van der Waals surface area contributed by atoms with E-state index in [0.717, 1.165) is 43.3 Å². The largest absolute Gasteiger partial charge is 0.494 e. The monoisotopic (exact) mass is 499 g/mol. The molecular weight excluding hydrogens is 469 g/mol. The molecular formula is C20H30IN5O2. The van der Waals surface area contributed by atoms with Crippen molar-refractivity contribution in [1.29, 1.82) is 0 Å². The first-order valence-corrected chi connectivity index (χ1v) is 9.47. The molecule has 0 aliphatic carbocycles. The number of halogens is 1. The van der Waals surface area contributed by atoms with E-state index in [1.807, 2.05) is 45.5 Å². The summed E-state index contributed by atoms with van der Waals surface area (Å²) in [5, 5.41) is 7.72. The first-order valence-electron chi connectivity index (χ1n) is 9.47. The Balaban J connectivity index is 0.00000280. The Morgan fingerprint density at radius 3 is 3.00 bits per heavy atom. The topological polar surface area (TPSA) is 63.9 Å². The number of hydrogen-bond acceptors (Lipinski definition) is 4. The molecule has 1 fully saturated rings. The number of nitrogens with zero attached hydrogens (tertiary/aromatic N) is 4. The Labute approximate surface area is 184 Å². The van der Waals surface area contributed by atoms with Gasteiger partial charge in [0.1, 0.15) is 11.9 Å². The van der Waals surface area contributed by atoms with Crippen molar-refractivity contribution in [3.8, 4) is 5.75 Å². The molecule has 1 atom stereocenters. The number of rotatable bonds is 6. The molecule has 0 radical (unpaired) electrons. The summed E-state index contributed by atoms with van der Waals surface area (Å²) in [4.78, 5) is 6.70. The Hall–Kier alpha value is -1.81. The lowest BCUT2D eigenvalue weighted by Crippen LogP contribution is -2.48. The van der Waals surface area contributed by atoms with E-state index < -0.39 is 0 Å². The summed E-state index contributed by atoms with van der Waals surface area (Å²) in [6.45, 7) is 5.78. The van der Waals surface area contributed by atoms with Crippen LogP contribution in [0.15, 0.2) is 41.7 Å². The fourth-order valence-electron chi connectivity index (χ4n) is 3.26. The average molecular weight is 499 g/mol. The second-order valence-electron chi connectivity index (χ2n) is 6.56. The fraction of sp³-hybridized carbons (Fsp3) is 0.500. The van der Waals surface area contributed by atoms with Gasteiger partial charge >= 0.3 is 0 Å². The van der Waals surface area contributed by atoms with Crippen LogP contribution in [0.1, 0.15) is 24.2 Å². The number of hydrogen-bond donors (Lipinski definition) is 1. The van der Waals surface area contributed by atoms with Crippen LogP contribution >= 0.6 is 24.0 Å². The average Bonchev–Trinajstić information content (AvgIpc) is 3.12. The zero-order chi connectivity index (χ0) is 19.1. The van der Waals surface area contributed by atoms with E-state index >= 15 is 0 Å². The fourth-order valence-corrected chi connectivity index (χ4v) is 3.26. The molecule has 1 N–H and O–H groups in total. The van der Waals surface area contributed by atoms with Crippen LogP contribution < -0.4 is 10.1 Å². The first kappa shape index (κ1) is 22.5. The minimum absolute atomic E-state index is 0. The van der Waals surface area contributed by atoms with Crippen LogP contribution in [0, 0.1) is 0 Å². The van der Waals surface area contributed by atoms with Crippen LogP contribution in [0.5, 0.6) is 5.75 Å². The van der Waals surface area contributed by atoms with Crippen LogP contribution in [-0.2, 0) is 18.2 Å². The molecule has 1 aromatic carbocycles. The van der Waals surface area contributed by atoms with Crippen molar-refractivity contribution in [3.05, 3.63) is 47.8 Å². The molecule has 1 saturated heterocycles. The summed E-state index contributed by atoms with van der Waals surface area (Å²) in [6.07, 6.45) is 4.82. The van der Waals surface area contributed by atoms with Gasteiger partial charge in [-0.3, -0.25) is 9.67 Å². The lowest BCUT2D eigenvalue weighted by molar-refractivity contribution is -0.00800. The number of guanidine groups is 1. The number of aliphatic imine (C=N–C) groups is 1. The molecule has 0 bridgehead atoms. The van der Waals surface area contributed by atoms with Crippen LogP contribution in [0.2, 0.25) is 0 Å². The highest BCUT2D eigenvalue weighted by molar-refractivity contribution is 14.0. The summed E-state index contributed by atoms with van der Waals surface area (Å²) in [6, 6.07) is 8.25.